The van der Waals surface area contributed by atoms with Crippen molar-refractivity contribution in [2.24, 2.45) is 0 Å². The first-order valence-corrected chi connectivity index (χ1v) is 10.6. The lowest BCUT2D eigenvalue weighted by Gasteiger charge is -2.23. The summed E-state index contributed by atoms with van der Waals surface area (Å²) in [5.41, 5.74) is 1.07. The molecule has 4 rings (SSSR count). The fraction of sp³-hybridized carbons (Fsp3) is 0.200. The zero-order valence-corrected chi connectivity index (χ0v) is 17.5. The predicted molar refractivity (Wildman–Crippen MR) is 111 cm³/mol. The topological polar surface area (TPSA) is 75.2 Å². The molecule has 1 aliphatic rings. The van der Waals surface area contributed by atoms with E-state index < -0.39 is 5.91 Å². The van der Waals surface area contributed by atoms with Gasteiger partial charge in [0.05, 0.1) is 11.6 Å². The lowest BCUT2D eigenvalue weighted by atomic mass is 10.1. The molecular weight excluding hydrogens is 459 g/mol. The minimum absolute atomic E-state index is 0.0764. The van der Waals surface area contributed by atoms with Crippen molar-refractivity contribution in [3.63, 3.8) is 0 Å². The van der Waals surface area contributed by atoms with Crippen LogP contribution in [-0.2, 0) is 0 Å². The number of nitrogens with one attached hydrogen (secondary N) is 1. The maximum atomic E-state index is 13.0. The van der Waals surface area contributed by atoms with Gasteiger partial charge in [0.15, 0.2) is 0 Å². The quantitative estimate of drug-likeness (QED) is 0.595. The molecule has 0 bridgehead atoms. The number of hydrogen-bond donors (Lipinski definition) is 1. The summed E-state index contributed by atoms with van der Waals surface area (Å²) in [6.07, 6.45) is 1.63. The summed E-state index contributed by atoms with van der Waals surface area (Å²) in [5, 5.41) is 11.7. The van der Waals surface area contributed by atoms with Gasteiger partial charge in [-0.3, -0.25) is 9.59 Å². The van der Waals surface area contributed by atoms with E-state index in [1.54, 1.807) is 11.0 Å². The van der Waals surface area contributed by atoms with Gasteiger partial charge in [-0.2, -0.15) is 0 Å². The molecule has 9 heteroatoms. The number of benzene rings is 2. The Kier molecular flexibility index (Phi) is 5.68. The van der Waals surface area contributed by atoms with Crippen LogP contribution >= 0.6 is 27.3 Å². The van der Waals surface area contributed by atoms with Gasteiger partial charge in [0.2, 0.25) is 5.01 Å². The monoisotopic (exact) mass is 474 g/mol. The van der Waals surface area contributed by atoms with E-state index in [9.17, 15) is 14.0 Å². The Hall–Kier alpha value is -2.65. The number of hydrogen-bond acceptors (Lipinski definition) is 5. The minimum atomic E-state index is -0.415. The average molecular weight is 475 g/mol. The largest absolute Gasteiger partial charge is 0.329 e. The van der Waals surface area contributed by atoms with Crippen molar-refractivity contribution in [1.29, 1.82) is 0 Å². The molecule has 1 fully saturated rings. The third-order valence-corrected chi connectivity index (χ3v) is 6.35. The molecule has 1 saturated heterocycles. The fourth-order valence-corrected chi connectivity index (χ4v) is 4.58. The number of amides is 2. The third-order valence-electron chi connectivity index (χ3n) is 4.64. The summed E-state index contributed by atoms with van der Waals surface area (Å²) in [4.78, 5) is 27.2. The molecule has 148 valence electrons. The van der Waals surface area contributed by atoms with Crippen molar-refractivity contribution in [3.8, 4) is 0 Å². The maximum Gasteiger partial charge on any atom is 0.286 e. The standard InChI is InChI=1S/C20H16BrFN4O2S/c21-15-5-2-1-4-14(15)20(28)26-11-3-6-16(26)18-24-25-19(29-18)17(27)23-13-9-7-12(22)8-10-13/h1-2,4-5,7-10,16H,3,6,11H2,(H,23,27). The number of halogens is 2. The summed E-state index contributed by atoms with van der Waals surface area (Å²) >= 11 is 4.60. The highest BCUT2D eigenvalue weighted by molar-refractivity contribution is 9.10. The molecule has 1 atom stereocenters. The third kappa shape index (κ3) is 4.20. The highest BCUT2D eigenvalue weighted by atomic mass is 79.9. The zero-order chi connectivity index (χ0) is 20.4. The smallest absolute Gasteiger partial charge is 0.286 e. The first kappa shape index (κ1) is 19.7. The van der Waals surface area contributed by atoms with Gasteiger partial charge in [-0.25, -0.2) is 4.39 Å². The molecule has 2 amide bonds. The Morgan fingerprint density at radius 2 is 1.90 bits per heavy atom. The number of carbonyl (C=O) groups is 2. The van der Waals surface area contributed by atoms with Gasteiger partial charge in [-0.05, 0) is 65.2 Å². The molecule has 6 nitrogen and oxygen atoms in total. The Morgan fingerprint density at radius 3 is 2.66 bits per heavy atom. The van der Waals surface area contributed by atoms with E-state index in [-0.39, 0.29) is 22.8 Å². The van der Waals surface area contributed by atoms with Gasteiger partial charge >= 0.3 is 0 Å². The Labute approximate surface area is 178 Å². The van der Waals surface area contributed by atoms with E-state index in [4.69, 9.17) is 0 Å². The van der Waals surface area contributed by atoms with E-state index in [0.717, 1.165) is 17.3 Å². The fourth-order valence-electron chi connectivity index (χ4n) is 3.23. The number of anilines is 1. The van der Waals surface area contributed by atoms with Crippen molar-refractivity contribution in [2.75, 3.05) is 11.9 Å². The van der Waals surface area contributed by atoms with Crippen molar-refractivity contribution in [3.05, 3.63) is 74.4 Å². The summed E-state index contributed by atoms with van der Waals surface area (Å²) in [5.74, 6) is -0.869. The van der Waals surface area contributed by atoms with Crippen molar-refractivity contribution < 1.29 is 14.0 Å². The normalized spacial score (nSPS) is 16.1. The van der Waals surface area contributed by atoms with E-state index in [0.29, 0.717) is 22.8 Å². The highest BCUT2D eigenvalue weighted by Gasteiger charge is 2.34. The summed E-state index contributed by atoms with van der Waals surface area (Å²) in [6, 6.07) is 12.6. The van der Waals surface area contributed by atoms with Crippen LogP contribution in [0.25, 0.3) is 0 Å². The van der Waals surface area contributed by atoms with Gasteiger partial charge in [0.25, 0.3) is 11.8 Å². The van der Waals surface area contributed by atoms with Gasteiger partial charge in [-0.15, -0.1) is 10.2 Å². The highest BCUT2D eigenvalue weighted by Crippen LogP contribution is 2.35. The second-order valence-corrected chi connectivity index (χ2v) is 8.41. The molecule has 3 aromatic rings. The Balaban J connectivity index is 1.50. The minimum Gasteiger partial charge on any atom is -0.329 e. The second-order valence-electron chi connectivity index (χ2n) is 6.54. The Morgan fingerprint density at radius 1 is 1.14 bits per heavy atom. The average Bonchev–Trinajstić information content (AvgIpc) is 3.39. The van der Waals surface area contributed by atoms with Crippen LogP contribution in [0.4, 0.5) is 10.1 Å². The summed E-state index contributed by atoms with van der Waals surface area (Å²) < 4.78 is 13.7. The molecule has 0 saturated carbocycles. The van der Waals surface area contributed by atoms with Crippen LogP contribution in [0.1, 0.15) is 44.1 Å². The molecule has 2 heterocycles. The van der Waals surface area contributed by atoms with Crippen LogP contribution in [0, 0.1) is 5.82 Å². The van der Waals surface area contributed by atoms with Gasteiger partial charge in [0, 0.05) is 16.7 Å². The summed E-state index contributed by atoms with van der Waals surface area (Å²) in [7, 11) is 0. The van der Waals surface area contributed by atoms with E-state index in [1.807, 2.05) is 18.2 Å². The molecule has 1 aromatic heterocycles. The molecule has 29 heavy (non-hydrogen) atoms. The molecule has 1 aliphatic heterocycles. The number of nitrogens with zero attached hydrogens (tertiary/aromatic N) is 3. The SMILES string of the molecule is O=C(Nc1ccc(F)cc1)c1nnc(C2CCCN2C(=O)c2ccccc2Br)s1. The van der Waals surface area contributed by atoms with Crippen molar-refractivity contribution in [2.45, 2.75) is 18.9 Å². The maximum absolute atomic E-state index is 13.0. The predicted octanol–water partition coefficient (Wildman–Crippen LogP) is 4.67. The second kappa shape index (κ2) is 8.38. The van der Waals surface area contributed by atoms with Gasteiger partial charge in [0.1, 0.15) is 10.8 Å². The lowest BCUT2D eigenvalue weighted by molar-refractivity contribution is 0.0734. The van der Waals surface area contributed by atoms with Gasteiger partial charge in [-0.1, -0.05) is 23.5 Å². The number of rotatable bonds is 4. The van der Waals surface area contributed by atoms with E-state index >= 15 is 0 Å². The molecule has 1 N–H and O–H groups in total. The van der Waals surface area contributed by atoms with E-state index in [2.05, 4.69) is 31.4 Å². The van der Waals surface area contributed by atoms with Crippen molar-refractivity contribution in [1.82, 2.24) is 15.1 Å². The lowest BCUT2D eigenvalue weighted by Crippen LogP contribution is -2.30. The number of carbonyl (C=O) groups excluding carboxylic acids is 2. The van der Waals surface area contributed by atoms with Crippen LogP contribution in [0.2, 0.25) is 0 Å². The summed E-state index contributed by atoms with van der Waals surface area (Å²) in [6.45, 7) is 0.627. The van der Waals surface area contributed by atoms with E-state index in [1.165, 1.54) is 35.6 Å². The number of aromatic nitrogens is 2. The molecule has 0 radical (unpaired) electrons. The van der Waals surface area contributed by atoms with Crippen LogP contribution in [0.3, 0.4) is 0 Å². The first-order valence-electron chi connectivity index (χ1n) is 8.99. The number of likely N-dealkylation sites (tertiary alicyclic amines) is 1. The van der Waals surface area contributed by atoms with Gasteiger partial charge < -0.3 is 10.2 Å². The molecule has 2 aromatic carbocycles. The first-order chi connectivity index (χ1) is 14.0. The van der Waals surface area contributed by atoms with Crippen LogP contribution < -0.4 is 5.32 Å². The Bertz CT molecular complexity index is 1060. The van der Waals surface area contributed by atoms with Crippen LogP contribution in [-0.4, -0.2) is 33.5 Å². The molecule has 0 aliphatic carbocycles. The van der Waals surface area contributed by atoms with Crippen molar-refractivity contribution >= 4 is 44.8 Å². The zero-order valence-electron chi connectivity index (χ0n) is 15.1. The molecule has 1 unspecified atom stereocenters. The molecular formula is C20H16BrFN4O2S. The van der Waals surface area contributed by atoms with Crippen LogP contribution in [0.15, 0.2) is 53.0 Å². The molecule has 0 spiro atoms. The van der Waals surface area contributed by atoms with Crippen LogP contribution in [0.5, 0.6) is 0 Å².